The van der Waals surface area contributed by atoms with Crippen LogP contribution in [-0.4, -0.2) is 38.8 Å². The lowest BCUT2D eigenvalue weighted by molar-refractivity contribution is 0.0735. The van der Waals surface area contributed by atoms with Gasteiger partial charge in [0.1, 0.15) is 5.75 Å². The molecule has 0 aliphatic carbocycles. The molecule has 2 rings (SSSR count). The number of aromatic nitrogens is 1. The summed E-state index contributed by atoms with van der Waals surface area (Å²) in [6, 6.07) is 1.77. The standard InChI is InChI=1S/C12H15BrN2O2/c1-8-3-5-15(10(8)6-13)12(17)9-2-4-14-7-11(9)16/h2,4,7-8,10,16H,3,5-6H2,1H3. The van der Waals surface area contributed by atoms with Crippen molar-refractivity contribution in [3.8, 4) is 5.75 Å². The van der Waals surface area contributed by atoms with Crippen molar-refractivity contribution in [1.82, 2.24) is 9.88 Å². The second kappa shape index (κ2) is 5.04. The summed E-state index contributed by atoms with van der Waals surface area (Å²) in [6.07, 6.45) is 3.83. The number of carbonyl (C=O) groups excluding carboxylic acids is 1. The van der Waals surface area contributed by atoms with Crippen LogP contribution in [0.3, 0.4) is 0 Å². The first-order chi connectivity index (χ1) is 8.15. The third-order valence-electron chi connectivity index (χ3n) is 3.33. The molecule has 1 amide bonds. The minimum absolute atomic E-state index is 0.0506. The number of aromatic hydroxyl groups is 1. The summed E-state index contributed by atoms with van der Waals surface area (Å²) in [5.74, 6) is 0.325. The highest BCUT2D eigenvalue weighted by Crippen LogP contribution is 2.28. The molecule has 1 fully saturated rings. The lowest BCUT2D eigenvalue weighted by Gasteiger charge is -2.25. The van der Waals surface area contributed by atoms with E-state index in [1.54, 1.807) is 6.07 Å². The lowest BCUT2D eigenvalue weighted by atomic mass is 10.0. The van der Waals surface area contributed by atoms with Crippen molar-refractivity contribution < 1.29 is 9.90 Å². The molecule has 2 atom stereocenters. The molecule has 0 saturated carbocycles. The molecule has 1 N–H and O–H groups in total. The molecule has 4 nitrogen and oxygen atoms in total. The molecule has 0 aromatic carbocycles. The van der Waals surface area contributed by atoms with E-state index in [4.69, 9.17) is 0 Å². The molecular formula is C12H15BrN2O2. The van der Waals surface area contributed by atoms with Crippen molar-refractivity contribution in [3.05, 3.63) is 24.0 Å². The Hall–Kier alpha value is -1.10. The first-order valence-corrected chi connectivity index (χ1v) is 6.77. The normalized spacial score (nSPS) is 24.0. The van der Waals surface area contributed by atoms with Crippen LogP contribution in [0.5, 0.6) is 5.75 Å². The summed E-state index contributed by atoms with van der Waals surface area (Å²) >= 11 is 3.45. The number of alkyl halides is 1. The smallest absolute Gasteiger partial charge is 0.258 e. The van der Waals surface area contributed by atoms with Crippen LogP contribution in [0.4, 0.5) is 0 Å². The van der Waals surface area contributed by atoms with Gasteiger partial charge in [-0.15, -0.1) is 0 Å². The predicted octanol–water partition coefficient (Wildman–Crippen LogP) is 2.03. The van der Waals surface area contributed by atoms with Crippen LogP contribution in [0.2, 0.25) is 0 Å². The zero-order valence-electron chi connectivity index (χ0n) is 9.64. The molecule has 1 aliphatic heterocycles. The Labute approximate surface area is 109 Å². The van der Waals surface area contributed by atoms with E-state index < -0.39 is 0 Å². The van der Waals surface area contributed by atoms with Gasteiger partial charge in [-0.25, -0.2) is 0 Å². The van der Waals surface area contributed by atoms with Gasteiger partial charge in [-0.1, -0.05) is 22.9 Å². The van der Waals surface area contributed by atoms with Crippen molar-refractivity contribution in [2.24, 2.45) is 5.92 Å². The molecule has 0 bridgehead atoms. The summed E-state index contributed by atoms with van der Waals surface area (Å²) in [4.78, 5) is 17.9. The van der Waals surface area contributed by atoms with Gasteiger partial charge in [0, 0.05) is 24.1 Å². The maximum absolute atomic E-state index is 12.3. The molecular weight excluding hydrogens is 284 g/mol. The quantitative estimate of drug-likeness (QED) is 0.850. The maximum Gasteiger partial charge on any atom is 0.258 e. The highest BCUT2D eigenvalue weighted by atomic mass is 79.9. The number of halogens is 1. The summed E-state index contributed by atoms with van der Waals surface area (Å²) in [5.41, 5.74) is 0.333. The van der Waals surface area contributed by atoms with E-state index in [9.17, 15) is 9.90 Å². The van der Waals surface area contributed by atoms with E-state index in [1.807, 2.05) is 4.90 Å². The molecule has 92 valence electrons. The minimum atomic E-state index is -0.112. The van der Waals surface area contributed by atoms with Gasteiger partial charge in [-0.05, 0) is 18.4 Å². The third kappa shape index (κ3) is 2.29. The van der Waals surface area contributed by atoms with E-state index in [2.05, 4.69) is 27.8 Å². The maximum atomic E-state index is 12.3. The first-order valence-electron chi connectivity index (χ1n) is 5.65. The van der Waals surface area contributed by atoms with E-state index in [-0.39, 0.29) is 17.7 Å². The Morgan fingerprint density at radius 2 is 2.47 bits per heavy atom. The zero-order chi connectivity index (χ0) is 12.4. The molecule has 1 aromatic rings. The monoisotopic (exact) mass is 298 g/mol. The number of pyridine rings is 1. The van der Waals surface area contributed by atoms with Crippen molar-refractivity contribution in [3.63, 3.8) is 0 Å². The van der Waals surface area contributed by atoms with Gasteiger partial charge in [0.25, 0.3) is 5.91 Å². The van der Waals surface area contributed by atoms with Crippen molar-refractivity contribution >= 4 is 21.8 Å². The van der Waals surface area contributed by atoms with Crippen LogP contribution in [0.15, 0.2) is 18.5 Å². The van der Waals surface area contributed by atoms with Crippen LogP contribution < -0.4 is 0 Å². The number of nitrogens with zero attached hydrogens (tertiary/aromatic N) is 2. The number of rotatable bonds is 2. The minimum Gasteiger partial charge on any atom is -0.505 e. The van der Waals surface area contributed by atoms with Gasteiger partial charge in [0.15, 0.2) is 0 Å². The van der Waals surface area contributed by atoms with Crippen LogP contribution >= 0.6 is 15.9 Å². The van der Waals surface area contributed by atoms with Gasteiger partial charge < -0.3 is 10.0 Å². The fraction of sp³-hybridized carbons (Fsp3) is 0.500. The number of hydrogen-bond acceptors (Lipinski definition) is 3. The van der Waals surface area contributed by atoms with Crippen molar-refractivity contribution in [1.29, 1.82) is 0 Å². The Bertz CT molecular complexity index is 425. The lowest BCUT2D eigenvalue weighted by Crippen LogP contribution is -2.38. The molecule has 1 aliphatic rings. The van der Waals surface area contributed by atoms with Gasteiger partial charge in [0.05, 0.1) is 11.8 Å². The summed E-state index contributed by atoms with van der Waals surface area (Å²) in [7, 11) is 0. The van der Waals surface area contributed by atoms with Crippen LogP contribution in [0.1, 0.15) is 23.7 Å². The average molecular weight is 299 g/mol. The molecule has 17 heavy (non-hydrogen) atoms. The molecule has 0 radical (unpaired) electrons. The van der Waals surface area contributed by atoms with E-state index in [0.717, 1.165) is 18.3 Å². The summed E-state index contributed by atoms with van der Waals surface area (Å²) in [6.45, 7) is 2.89. The molecule has 5 heteroatoms. The zero-order valence-corrected chi connectivity index (χ0v) is 11.2. The molecule has 1 aromatic heterocycles. The van der Waals surface area contributed by atoms with Gasteiger partial charge in [-0.3, -0.25) is 9.78 Å². The Morgan fingerprint density at radius 1 is 1.71 bits per heavy atom. The second-order valence-corrected chi connectivity index (χ2v) is 5.03. The topological polar surface area (TPSA) is 53.4 Å². The fourth-order valence-electron chi connectivity index (χ4n) is 2.22. The Morgan fingerprint density at radius 3 is 3.12 bits per heavy atom. The number of carbonyl (C=O) groups is 1. The van der Waals surface area contributed by atoms with E-state index >= 15 is 0 Å². The summed E-state index contributed by atoms with van der Waals surface area (Å²) in [5, 5.41) is 10.4. The van der Waals surface area contributed by atoms with Crippen molar-refractivity contribution in [2.45, 2.75) is 19.4 Å². The highest BCUT2D eigenvalue weighted by Gasteiger charge is 2.34. The van der Waals surface area contributed by atoms with E-state index in [1.165, 1.54) is 12.4 Å². The van der Waals surface area contributed by atoms with Gasteiger partial charge in [-0.2, -0.15) is 0 Å². The highest BCUT2D eigenvalue weighted by molar-refractivity contribution is 9.09. The molecule has 1 saturated heterocycles. The van der Waals surface area contributed by atoms with Gasteiger partial charge >= 0.3 is 0 Å². The predicted molar refractivity (Wildman–Crippen MR) is 68.3 cm³/mol. The number of hydrogen-bond donors (Lipinski definition) is 1. The SMILES string of the molecule is CC1CCN(C(=O)c2ccncc2O)C1CBr. The second-order valence-electron chi connectivity index (χ2n) is 4.38. The Balaban J connectivity index is 2.24. The van der Waals surface area contributed by atoms with Crippen LogP contribution in [0, 0.1) is 5.92 Å². The third-order valence-corrected chi connectivity index (χ3v) is 4.00. The Kier molecular flexibility index (Phi) is 3.66. The molecule has 2 heterocycles. The number of amides is 1. The van der Waals surface area contributed by atoms with E-state index in [0.29, 0.717) is 11.5 Å². The van der Waals surface area contributed by atoms with Gasteiger partial charge in [0.2, 0.25) is 0 Å². The molecule has 0 spiro atoms. The fourth-order valence-corrected chi connectivity index (χ4v) is 3.21. The summed E-state index contributed by atoms with van der Waals surface area (Å²) < 4.78 is 0. The average Bonchev–Trinajstić information content (AvgIpc) is 2.70. The first kappa shape index (κ1) is 12.4. The van der Waals surface area contributed by atoms with Crippen LogP contribution in [0.25, 0.3) is 0 Å². The van der Waals surface area contributed by atoms with Crippen LogP contribution in [-0.2, 0) is 0 Å². The molecule has 2 unspecified atom stereocenters. The number of likely N-dealkylation sites (tertiary alicyclic amines) is 1. The van der Waals surface area contributed by atoms with Crippen molar-refractivity contribution in [2.75, 3.05) is 11.9 Å². The largest absolute Gasteiger partial charge is 0.505 e.